The number of hydrogen-bond donors (Lipinski definition) is 1. The zero-order valence-electron chi connectivity index (χ0n) is 18.5. The van der Waals surface area contributed by atoms with E-state index in [0.29, 0.717) is 27.8 Å². The number of aromatic nitrogens is 2. The molecule has 180 valence electrons. The molecule has 0 unspecified atom stereocenters. The molecule has 4 aromatic rings. The number of benzene rings is 3. The second-order valence-corrected chi connectivity index (χ2v) is 7.88. The minimum Gasteiger partial charge on any atom is -0.406 e. The third-order valence-electron chi connectivity index (χ3n) is 5.09. The number of amides is 2. The van der Waals surface area contributed by atoms with Crippen molar-refractivity contribution in [1.29, 1.82) is 0 Å². The van der Waals surface area contributed by atoms with Gasteiger partial charge in [0.05, 0.1) is 17.9 Å². The summed E-state index contributed by atoms with van der Waals surface area (Å²) in [5, 5.41) is 7.63. The van der Waals surface area contributed by atoms with Gasteiger partial charge < -0.3 is 10.1 Å². The van der Waals surface area contributed by atoms with Crippen LogP contribution in [0.5, 0.6) is 5.75 Å². The number of urea groups is 1. The van der Waals surface area contributed by atoms with E-state index < -0.39 is 18.1 Å². The van der Waals surface area contributed by atoms with Crippen molar-refractivity contribution in [2.75, 3.05) is 10.2 Å². The molecule has 0 aliphatic heterocycles. The van der Waals surface area contributed by atoms with Gasteiger partial charge in [0.25, 0.3) is 0 Å². The number of carbonyl (C=O) groups excluding carboxylic acids is 1. The SMILES string of the molecule is Cc1nn(-c2ccccc2)c(Cl)c1CN(C(=O)Nc1ccccc1)c1ccc(OC(F)(F)F)cc1. The lowest BCUT2D eigenvalue weighted by molar-refractivity contribution is -0.274. The van der Waals surface area contributed by atoms with E-state index in [1.54, 1.807) is 35.9 Å². The van der Waals surface area contributed by atoms with Gasteiger partial charge >= 0.3 is 12.4 Å². The molecule has 4 rings (SSSR count). The maximum Gasteiger partial charge on any atom is 0.573 e. The number of alkyl halides is 3. The molecule has 2 amide bonds. The highest BCUT2D eigenvalue weighted by molar-refractivity contribution is 6.30. The van der Waals surface area contributed by atoms with Gasteiger partial charge in [-0.25, -0.2) is 9.48 Å². The van der Waals surface area contributed by atoms with Crippen LogP contribution >= 0.6 is 11.6 Å². The van der Waals surface area contributed by atoms with E-state index in [-0.39, 0.29) is 6.54 Å². The van der Waals surface area contributed by atoms with Crippen LogP contribution in [0.4, 0.5) is 29.3 Å². The predicted octanol–water partition coefficient (Wildman–Crippen LogP) is 6.97. The van der Waals surface area contributed by atoms with Gasteiger partial charge in [0.2, 0.25) is 0 Å². The summed E-state index contributed by atoms with van der Waals surface area (Å²) in [4.78, 5) is 14.6. The molecular weight excluding hydrogens is 481 g/mol. The normalized spacial score (nSPS) is 11.2. The van der Waals surface area contributed by atoms with Gasteiger partial charge in [0, 0.05) is 16.9 Å². The number of anilines is 2. The van der Waals surface area contributed by atoms with Gasteiger partial charge in [-0.1, -0.05) is 48.0 Å². The number of aryl methyl sites for hydroxylation is 1. The predicted molar refractivity (Wildman–Crippen MR) is 128 cm³/mol. The van der Waals surface area contributed by atoms with Crippen molar-refractivity contribution >= 4 is 29.0 Å². The Bertz CT molecular complexity index is 1290. The molecule has 0 atom stereocenters. The average Bonchev–Trinajstić information content (AvgIpc) is 3.11. The Kier molecular flexibility index (Phi) is 6.97. The van der Waals surface area contributed by atoms with Crippen LogP contribution in [0, 0.1) is 6.92 Å². The number of nitrogens with zero attached hydrogens (tertiary/aromatic N) is 3. The maximum atomic E-state index is 13.3. The van der Waals surface area contributed by atoms with E-state index in [2.05, 4.69) is 15.2 Å². The molecule has 1 N–H and O–H groups in total. The van der Waals surface area contributed by atoms with Crippen molar-refractivity contribution in [3.63, 3.8) is 0 Å². The first-order valence-electron chi connectivity index (χ1n) is 10.5. The number of nitrogens with one attached hydrogen (secondary N) is 1. The second kappa shape index (κ2) is 10.1. The lowest BCUT2D eigenvalue weighted by Gasteiger charge is -2.24. The van der Waals surface area contributed by atoms with Crippen molar-refractivity contribution in [2.24, 2.45) is 0 Å². The van der Waals surface area contributed by atoms with E-state index in [0.717, 1.165) is 17.8 Å². The molecule has 0 aliphatic carbocycles. The molecule has 0 saturated heterocycles. The molecule has 35 heavy (non-hydrogen) atoms. The van der Waals surface area contributed by atoms with Gasteiger partial charge in [-0.05, 0) is 55.5 Å². The zero-order chi connectivity index (χ0) is 25.0. The third-order valence-corrected chi connectivity index (χ3v) is 5.48. The Morgan fingerprint density at radius 3 is 2.20 bits per heavy atom. The Hall–Kier alpha value is -3.98. The quantitative estimate of drug-likeness (QED) is 0.311. The van der Waals surface area contributed by atoms with Crippen LogP contribution in [0.15, 0.2) is 84.9 Å². The molecule has 0 fully saturated rings. The average molecular weight is 501 g/mol. The summed E-state index contributed by atoms with van der Waals surface area (Å²) < 4.78 is 43.2. The molecule has 6 nitrogen and oxygen atoms in total. The number of hydrogen-bond acceptors (Lipinski definition) is 3. The van der Waals surface area contributed by atoms with E-state index in [1.807, 2.05) is 36.4 Å². The summed E-state index contributed by atoms with van der Waals surface area (Å²) in [7, 11) is 0. The highest BCUT2D eigenvalue weighted by Crippen LogP contribution is 2.30. The smallest absolute Gasteiger partial charge is 0.406 e. The van der Waals surface area contributed by atoms with Gasteiger partial charge in [0.1, 0.15) is 10.9 Å². The van der Waals surface area contributed by atoms with E-state index in [4.69, 9.17) is 11.6 Å². The molecule has 0 aliphatic rings. The van der Waals surface area contributed by atoms with Crippen molar-refractivity contribution in [3.05, 3.63) is 101 Å². The van der Waals surface area contributed by atoms with Crippen LogP contribution in [-0.2, 0) is 6.54 Å². The number of halogens is 4. The highest BCUT2D eigenvalue weighted by Gasteiger charge is 2.31. The van der Waals surface area contributed by atoms with Gasteiger partial charge in [-0.15, -0.1) is 13.2 Å². The highest BCUT2D eigenvalue weighted by atomic mass is 35.5. The molecule has 0 bridgehead atoms. The Morgan fingerprint density at radius 1 is 1.00 bits per heavy atom. The van der Waals surface area contributed by atoms with E-state index in [9.17, 15) is 18.0 Å². The number of para-hydroxylation sites is 2. The Balaban J connectivity index is 1.67. The summed E-state index contributed by atoms with van der Waals surface area (Å²) in [6.45, 7) is 1.80. The summed E-state index contributed by atoms with van der Waals surface area (Å²) >= 11 is 6.66. The van der Waals surface area contributed by atoms with Crippen molar-refractivity contribution < 1.29 is 22.7 Å². The minimum absolute atomic E-state index is 0.0235. The third kappa shape index (κ3) is 5.93. The largest absolute Gasteiger partial charge is 0.573 e. The fourth-order valence-electron chi connectivity index (χ4n) is 3.43. The van der Waals surface area contributed by atoms with Crippen LogP contribution in [0.1, 0.15) is 11.3 Å². The fourth-order valence-corrected chi connectivity index (χ4v) is 3.76. The molecule has 0 spiro atoms. The van der Waals surface area contributed by atoms with Gasteiger partial charge in [-0.2, -0.15) is 5.10 Å². The Morgan fingerprint density at radius 2 is 1.60 bits per heavy atom. The molecule has 10 heteroatoms. The van der Waals surface area contributed by atoms with Crippen molar-refractivity contribution in [2.45, 2.75) is 19.8 Å². The molecule has 1 aromatic heterocycles. The van der Waals surface area contributed by atoms with Gasteiger partial charge in [0.15, 0.2) is 0 Å². The molecule has 3 aromatic carbocycles. The minimum atomic E-state index is -4.82. The Labute approximate surface area is 204 Å². The first-order chi connectivity index (χ1) is 16.7. The van der Waals surface area contributed by atoms with Crippen LogP contribution < -0.4 is 15.0 Å². The van der Waals surface area contributed by atoms with Crippen LogP contribution in [0.2, 0.25) is 5.15 Å². The lowest BCUT2D eigenvalue weighted by atomic mass is 10.2. The molecule has 0 saturated carbocycles. The fraction of sp³-hybridized carbons (Fsp3) is 0.120. The van der Waals surface area contributed by atoms with E-state index >= 15 is 0 Å². The first-order valence-corrected chi connectivity index (χ1v) is 10.9. The van der Waals surface area contributed by atoms with E-state index in [1.165, 1.54) is 17.0 Å². The standard InChI is InChI=1S/C25H20ClF3N4O2/c1-17-22(23(26)33(31-17)20-10-6-3-7-11-20)16-32(24(34)30-18-8-4-2-5-9-18)19-12-14-21(15-13-19)35-25(27,28)29/h2-15H,16H2,1H3,(H,30,34). The monoisotopic (exact) mass is 500 g/mol. The molecule has 1 heterocycles. The zero-order valence-corrected chi connectivity index (χ0v) is 19.2. The second-order valence-electron chi connectivity index (χ2n) is 7.53. The lowest BCUT2D eigenvalue weighted by Crippen LogP contribution is -2.34. The summed E-state index contributed by atoms with van der Waals surface area (Å²) in [6, 6.07) is 22.6. The van der Waals surface area contributed by atoms with Crippen LogP contribution in [-0.4, -0.2) is 22.2 Å². The summed E-state index contributed by atoms with van der Waals surface area (Å²) in [5.41, 5.74) is 2.85. The number of ether oxygens (including phenoxy) is 1. The number of rotatable bonds is 6. The van der Waals surface area contributed by atoms with Gasteiger partial charge in [-0.3, -0.25) is 4.90 Å². The molecular formula is C25H20ClF3N4O2. The van der Waals surface area contributed by atoms with Crippen molar-refractivity contribution in [1.82, 2.24) is 9.78 Å². The first kappa shape index (κ1) is 24.2. The topological polar surface area (TPSA) is 59.4 Å². The van der Waals surface area contributed by atoms with Crippen molar-refractivity contribution in [3.8, 4) is 11.4 Å². The summed E-state index contributed by atoms with van der Waals surface area (Å²) in [6.07, 6.45) is -4.82. The molecule has 0 radical (unpaired) electrons. The van der Waals surface area contributed by atoms with Crippen LogP contribution in [0.25, 0.3) is 5.69 Å². The summed E-state index contributed by atoms with van der Waals surface area (Å²) in [5.74, 6) is -0.393. The van der Waals surface area contributed by atoms with Crippen LogP contribution in [0.3, 0.4) is 0 Å². The maximum absolute atomic E-state index is 13.3. The number of carbonyl (C=O) groups is 1.